The zero-order valence-corrected chi connectivity index (χ0v) is 10.6. The molecule has 0 spiro atoms. The molecule has 3 heteroatoms. The van der Waals surface area contributed by atoms with E-state index < -0.39 is 0 Å². The summed E-state index contributed by atoms with van der Waals surface area (Å²) in [4.78, 5) is 0. The summed E-state index contributed by atoms with van der Waals surface area (Å²) in [7, 11) is 0. The highest BCUT2D eigenvalue weighted by Gasteiger charge is 2.12. The molecule has 3 nitrogen and oxygen atoms in total. The number of nitrogens with zero attached hydrogens (tertiary/aromatic N) is 2. The van der Waals surface area contributed by atoms with Crippen molar-refractivity contribution in [3.63, 3.8) is 0 Å². The lowest BCUT2D eigenvalue weighted by molar-refractivity contribution is 0.633. The second kappa shape index (κ2) is 5.19. The van der Waals surface area contributed by atoms with Gasteiger partial charge in [-0.05, 0) is 33.6 Å². The highest BCUT2D eigenvalue weighted by molar-refractivity contribution is 5.52. The van der Waals surface area contributed by atoms with E-state index in [1.165, 1.54) is 11.4 Å². The number of hydrogen-bond acceptors (Lipinski definition) is 2. The maximum Gasteiger partial charge on any atom is 0.0828 e. The topological polar surface area (TPSA) is 29.9 Å². The molecule has 0 bridgehead atoms. The lowest BCUT2D eigenvalue weighted by Gasteiger charge is -2.16. The molecule has 0 unspecified atom stereocenters. The van der Waals surface area contributed by atoms with Crippen LogP contribution in [-0.4, -0.2) is 15.8 Å². The number of aromatic nitrogens is 2. The van der Waals surface area contributed by atoms with Gasteiger partial charge in [0.1, 0.15) is 0 Å². The predicted octanol–water partition coefficient (Wildman–Crippen LogP) is 3.12. The highest BCUT2D eigenvalue weighted by Crippen LogP contribution is 2.21. The third-order valence-electron chi connectivity index (χ3n) is 3.02. The summed E-state index contributed by atoms with van der Waals surface area (Å²) < 4.78 is 2.06. The minimum Gasteiger partial charge on any atom is -0.379 e. The fourth-order valence-electron chi connectivity index (χ4n) is 1.91. The number of hydrogen-bond donors (Lipinski definition) is 1. The van der Waals surface area contributed by atoms with Crippen LogP contribution in [0.25, 0.3) is 0 Å². The fourth-order valence-corrected chi connectivity index (χ4v) is 1.91. The molecule has 0 saturated heterocycles. The molecule has 0 amide bonds. The first-order valence-corrected chi connectivity index (χ1v) is 5.94. The van der Waals surface area contributed by atoms with Gasteiger partial charge in [0.25, 0.3) is 0 Å². The molecule has 1 heterocycles. The van der Waals surface area contributed by atoms with Crippen LogP contribution in [0.15, 0.2) is 0 Å². The van der Waals surface area contributed by atoms with Crippen LogP contribution in [0.3, 0.4) is 0 Å². The summed E-state index contributed by atoms with van der Waals surface area (Å²) in [5.41, 5.74) is 3.59. The first kappa shape index (κ1) is 12.1. The summed E-state index contributed by atoms with van der Waals surface area (Å²) >= 11 is 0. The van der Waals surface area contributed by atoms with Crippen LogP contribution in [0, 0.1) is 13.8 Å². The molecule has 0 saturated carbocycles. The maximum atomic E-state index is 4.50. The minimum atomic E-state index is 0.567. The smallest absolute Gasteiger partial charge is 0.0828 e. The molecule has 0 aromatic carbocycles. The van der Waals surface area contributed by atoms with Crippen LogP contribution in [-0.2, 0) is 6.54 Å². The zero-order chi connectivity index (χ0) is 11.4. The van der Waals surface area contributed by atoms with Gasteiger partial charge in [0.15, 0.2) is 0 Å². The Hall–Kier alpha value is -0.990. The normalized spacial score (nSPS) is 11.1. The van der Waals surface area contributed by atoms with Crippen molar-refractivity contribution in [2.45, 2.75) is 60.0 Å². The van der Waals surface area contributed by atoms with E-state index in [0.29, 0.717) is 6.04 Å². The van der Waals surface area contributed by atoms with E-state index in [0.717, 1.165) is 25.1 Å². The van der Waals surface area contributed by atoms with Crippen LogP contribution in [0.2, 0.25) is 0 Å². The van der Waals surface area contributed by atoms with E-state index in [1.54, 1.807) is 0 Å². The van der Waals surface area contributed by atoms with Gasteiger partial charge in [0, 0.05) is 12.6 Å². The molecule has 1 aromatic rings. The van der Waals surface area contributed by atoms with E-state index in [1.807, 2.05) is 0 Å². The van der Waals surface area contributed by atoms with Crippen molar-refractivity contribution in [3.8, 4) is 0 Å². The van der Waals surface area contributed by atoms with Crippen molar-refractivity contribution >= 4 is 5.69 Å². The number of nitrogens with one attached hydrogen (secondary N) is 1. The van der Waals surface area contributed by atoms with E-state index in [4.69, 9.17) is 0 Å². The Balaban J connectivity index is 2.88. The molecular weight excluding hydrogens is 186 g/mol. The number of anilines is 1. The first-order chi connectivity index (χ1) is 7.13. The van der Waals surface area contributed by atoms with Crippen molar-refractivity contribution < 1.29 is 0 Å². The van der Waals surface area contributed by atoms with Gasteiger partial charge in [-0.15, -0.1) is 0 Å². The largest absolute Gasteiger partial charge is 0.379 e. The first-order valence-electron chi connectivity index (χ1n) is 5.94. The van der Waals surface area contributed by atoms with Crippen LogP contribution in [0.4, 0.5) is 5.69 Å². The van der Waals surface area contributed by atoms with E-state index in [9.17, 15) is 0 Å². The Bertz CT molecular complexity index is 311. The van der Waals surface area contributed by atoms with Crippen LogP contribution in [0.1, 0.15) is 45.0 Å². The average molecular weight is 209 g/mol. The van der Waals surface area contributed by atoms with Crippen LogP contribution >= 0.6 is 0 Å². The van der Waals surface area contributed by atoms with Gasteiger partial charge in [-0.25, -0.2) is 0 Å². The summed E-state index contributed by atoms with van der Waals surface area (Å²) in [5, 5.41) is 8.09. The molecule has 0 radical (unpaired) electrons. The average Bonchev–Trinajstić information content (AvgIpc) is 2.51. The Kier molecular flexibility index (Phi) is 4.18. The fraction of sp³-hybridized carbons (Fsp3) is 0.750. The molecule has 0 fully saturated rings. The molecule has 15 heavy (non-hydrogen) atoms. The quantitative estimate of drug-likeness (QED) is 0.807. The summed E-state index contributed by atoms with van der Waals surface area (Å²) in [6, 6.07) is 0.567. The second-order valence-electron chi connectivity index (χ2n) is 4.02. The van der Waals surface area contributed by atoms with Crippen molar-refractivity contribution in [3.05, 3.63) is 11.4 Å². The van der Waals surface area contributed by atoms with Crippen molar-refractivity contribution in [2.24, 2.45) is 0 Å². The third-order valence-corrected chi connectivity index (χ3v) is 3.02. The monoisotopic (exact) mass is 209 g/mol. The molecule has 1 rings (SSSR count). The van der Waals surface area contributed by atoms with Crippen LogP contribution < -0.4 is 5.32 Å². The predicted molar refractivity (Wildman–Crippen MR) is 65.4 cm³/mol. The van der Waals surface area contributed by atoms with E-state index in [2.05, 4.69) is 49.7 Å². The molecule has 1 N–H and O–H groups in total. The molecular formula is C12H23N3. The maximum absolute atomic E-state index is 4.50. The third kappa shape index (κ3) is 2.52. The van der Waals surface area contributed by atoms with Gasteiger partial charge in [0.05, 0.1) is 17.1 Å². The Morgan fingerprint density at radius 1 is 1.20 bits per heavy atom. The zero-order valence-electron chi connectivity index (χ0n) is 10.6. The summed E-state index contributed by atoms with van der Waals surface area (Å²) in [6.45, 7) is 11.7. The molecule has 0 aliphatic rings. The number of rotatable bonds is 5. The van der Waals surface area contributed by atoms with Crippen molar-refractivity contribution in [1.29, 1.82) is 0 Å². The second-order valence-corrected chi connectivity index (χ2v) is 4.02. The lowest BCUT2D eigenvalue weighted by atomic mass is 10.1. The van der Waals surface area contributed by atoms with Gasteiger partial charge >= 0.3 is 0 Å². The molecule has 1 aromatic heterocycles. The standard InChI is InChI=1S/C12H23N3/c1-6-11(7-2)13-12-9(4)14-15(8-3)10(12)5/h11,13H,6-8H2,1-5H3. The molecule has 86 valence electrons. The number of aryl methyl sites for hydroxylation is 2. The summed E-state index contributed by atoms with van der Waals surface area (Å²) in [6.07, 6.45) is 2.32. The van der Waals surface area contributed by atoms with Gasteiger partial charge in [-0.1, -0.05) is 13.8 Å². The van der Waals surface area contributed by atoms with Gasteiger partial charge < -0.3 is 5.32 Å². The molecule has 0 aliphatic carbocycles. The Morgan fingerprint density at radius 2 is 1.80 bits per heavy atom. The van der Waals surface area contributed by atoms with Gasteiger partial charge in [-0.3, -0.25) is 4.68 Å². The van der Waals surface area contributed by atoms with E-state index in [-0.39, 0.29) is 0 Å². The minimum absolute atomic E-state index is 0.567. The van der Waals surface area contributed by atoms with Gasteiger partial charge in [-0.2, -0.15) is 5.10 Å². The lowest BCUT2D eigenvalue weighted by Crippen LogP contribution is -2.17. The molecule has 0 atom stereocenters. The van der Waals surface area contributed by atoms with Crippen molar-refractivity contribution in [1.82, 2.24) is 9.78 Å². The van der Waals surface area contributed by atoms with Crippen LogP contribution in [0.5, 0.6) is 0 Å². The Labute approximate surface area is 92.9 Å². The van der Waals surface area contributed by atoms with Crippen molar-refractivity contribution in [2.75, 3.05) is 5.32 Å². The highest BCUT2D eigenvalue weighted by atomic mass is 15.3. The Morgan fingerprint density at radius 3 is 2.20 bits per heavy atom. The SMILES string of the molecule is CCC(CC)Nc1c(C)nn(CC)c1C. The summed E-state index contributed by atoms with van der Waals surface area (Å²) in [5.74, 6) is 0. The van der Waals surface area contributed by atoms with E-state index >= 15 is 0 Å². The van der Waals surface area contributed by atoms with Gasteiger partial charge in [0.2, 0.25) is 0 Å². The molecule has 0 aliphatic heterocycles.